The Labute approximate surface area is 132 Å². The van der Waals surface area contributed by atoms with E-state index in [0.29, 0.717) is 25.5 Å². The van der Waals surface area contributed by atoms with Crippen molar-refractivity contribution in [2.75, 3.05) is 7.11 Å². The molecule has 0 spiro atoms. The lowest BCUT2D eigenvalue weighted by atomic mass is 10.00. The number of halogens is 1. The normalized spacial score (nSPS) is 20.9. The summed E-state index contributed by atoms with van der Waals surface area (Å²) in [6.07, 6.45) is 3.84. The van der Waals surface area contributed by atoms with Gasteiger partial charge in [0.1, 0.15) is 0 Å². The second kappa shape index (κ2) is 9.03. The Hall–Kier alpha value is -1.10. The number of ether oxygens (including phenoxy) is 1. The van der Waals surface area contributed by atoms with Crippen molar-refractivity contribution in [2.24, 2.45) is 11.7 Å². The number of hydrogen-bond acceptors (Lipinski definition) is 3. The first-order valence-corrected chi connectivity index (χ1v) is 7.28. The summed E-state index contributed by atoms with van der Waals surface area (Å²) < 4.78 is 5.11. The van der Waals surface area contributed by atoms with Crippen LogP contribution in [0.3, 0.4) is 0 Å². The average molecular weight is 313 g/mol. The number of hydrogen-bond donors (Lipinski definition) is 2. The van der Waals surface area contributed by atoms with E-state index in [1.165, 1.54) is 0 Å². The van der Waals surface area contributed by atoms with Gasteiger partial charge in [0.05, 0.1) is 6.61 Å². The van der Waals surface area contributed by atoms with Crippen LogP contribution in [0.15, 0.2) is 24.3 Å². The Bertz CT molecular complexity index is 454. The molecule has 2 atom stereocenters. The number of carbonyl (C=O) groups excluding carboxylic acids is 1. The highest BCUT2D eigenvalue weighted by atomic mass is 35.5. The molecule has 3 N–H and O–H groups in total. The first-order valence-electron chi connectivity index (χ1n) is 7.28. The molecular weight excluding hydrogens is 288 g/mol. The van der Waals surface area contributed by atoms with Crippen molar-refractivity contribution in [2.45, 2.75) is 44.9 Å². The number of carbonyl (C=O) groups is 1. The third-order valence-electron chi connectivity index (χ3n) is 3.96. The lowest BCUT2D eigenvalue weighted by Crippen LogP contribution is -2.31. The minimum absolute atomic E-state index is 0. The quantitative estimate of drug-likeness (QED) is 0.847. The number of methoxy groups -OCH3 is 1. The highest BCUT2D eigenvalue weighted by Gasteiger charge is 2.25. The number of nitrogens with one attached hydrogen (secondary N) is 1. The lowest BCUT2D eigenvalue weighted by molar-refractivity contribution is -0.122. The van der Waals surface area contributed by atoms with Gasteiger partial charge in [-0.05, 0) is 29.9 Å². The molecule has 118 valence electrons. The first-order chi connectivity index (χ1) is 9.69. The van der Waals surface area contributed by atoms with Gasteiger partial charge >= 0.3 is 0 Å². The fourth-order valence-electron chi connectivity index (χ4n) is 2.83. The number of nitrogens with two attached hydrogens (primary N) is 1. The van der Waals surface area contributed by atoms with Crippen molar-refractivity contribution in [3.63, 3.8) is 0 Å². The van der Waals surface area contributed by atoms with E-state index in [-0.39, 0.29) is 24.4 Å². The Morgan fingerprint density at radius 3 is 2.81 bits per heavy atom. The van der Waals surface area contributed by atoms with Crippen LogP contribution in [-0.2, 0) is 22.7 Å². The average Bonchev–Trinajstić information content (AvgIpc) is 2.83. The van der Waals surface area contributed by atoms with E-state index >= 15 is 0 Å². The van der Waals surface area contributed by atoms with Crippen LogP contribution < -0.4 is 11.1 Å². The van der Waals surface area contributed by atoms with Crippen molar-refractivity contribution >= 4 is 18.3 Å². The monoisotopic (exact) mass is 312 g/mol. The van der Waals surface area contributed by atoms with Crippen molar-refractivity contribution in [1.82, 2.24) is 5.32 Å². The maximum Gasteiger partial charge on any atom is 0.220 e. The molecule has 1 saturated carbocycles. The van der Waals surface area contributed by atoms with Crippen molar-refractivity contribution in [3.05, 3.63) is 35.4 Å². The fourth-order valence-corrected chi connectivity index (χ4v) is 2.83. The minimum Gasteiger partial charge on any atom is -0.380 e. The Morgan fingerprint density at radius 2 is 2.14 bits per heavy atom. The minimum atomic E-state index is 0. The smallest absolute Gasteiger partial charge is 0.220 e. The van der Waals surface area contributed by atoms with Crippen LogP contribution in [0.2, 0.25) is 0 Å². The molecule has 0 heterocycles. The Balaban J connectivity index is 0.00000220. The molecule has 0 aliphatic heterocycles. The summed E-state index contributed by atoms with van der Waals surface area (Å²) in [7, 11) is 1.68. The number of benzene rings is 1. The predicted molar refractivity (Wildman–Crippen MR) is 86.2 cm³/mol. The molecule has 1 fully saturated rings. The van der Waals surface area contributed by atoms with Gasteiger partial charge in [0.2, 0.25) is 5.91 Å². The molecular formula is C16H25ClN2O2. The summed E-state index contributed by atoms with van der Waals surface area (Å²) in [4.78, 5) is 11.9. The van der Waals surface area contributed by atoms with E-state index < -0.39 is 0 Å². The van der Waals surface area contributed by atoms with E-state index in [0.717, 1.165) is 30.4 Å². The molecule has 1 aromatic carbocycles. The zero-order valence-corrected chi connectivity index (χ0v) is 13.3. The molecule has 0 unspecified atom stereocenters. The van der Waals surface area contributed by atoms with Gasteiger partial charge < -0.3 is 15.8 Å². The summed E-state index contributed by atoms with van der Waals surface area (Å²) in [5.74, 6) is 0.458. The van der Waals surface area contributed by atoms with Gasteiger partial charge in [-0.3, -0.25) is 4.79 Å². The standard InChI is InChI=1S/C16H24N2O2.ClH/c1-20-11-13-5-2-4-12(8-13)10-18-16(19)9-14-6-3-7-15(14)17;/h2,4-5,8,14-15H,3,6-7,9-11,17H2,1H3,(H,18,19);1H/t14-,15+;/m0./s1. The molecule has 0 bridgehead atoms. The molecule has 5 heteroatoms. The summed E-state index contributed by atoms with van der Waals surface area (Å²) in [6.45, 7) is 1.16. The van der Waals surface area contributed by atoms with Gasteiger partial charge in [0.25, 0.3) is 0 Å². The molecule has 4 nitrogen and oxygen atoms in total. The molecule has 2 rings (SSSR count). The third-order valence-corrected chi connectivity index (χ3v) is 3.96. The van der Waals surface area contributed by atoms with Crippen molar-refractivity contribution in [1.29, 1.82) is 0 Å². The highest BCUT2D eigenvalue weighted by Crippen LogP contribution is 2.26. The van der Waals surface area contributed by atoms with E-state index in [1.807, 2.05) is 18.2 Å². The van der Waals surface area contributed by atoms with Gasteiger partial charge in [-0.25, -0.2) is 0 Å². The molecule has 21 heavy (non-hydrogen) atoms. The molecule has 1 aromatic rings. The van der Waals surface area contributed by atoms with Crippen LogP contribution in [0, 0.1) is 5.92 Å². The van der Waals surface area contributed by atoms with Gasteiger partial charge in [-0.2, -0.15) is 0 Å². The van der Waals surface area contributed by atoms with Gasteiger partial charge in [-0.1, -0.05) is 30.7 Å². The molecule has 0 saturated heterocycles. The van der Waals surface area contributed by atoms with E-state index in [1.54, 1.807) is 7.11 Å². The number of rotatable bonds is 6. The van der Waals surface area contributed by atoms with Gasteiger partial charge in [0, 0.05) is 26.1 Å². The van der Waals surface area contributed by atoms with E-state index in [2.05, 4.69) is 11.4 Å². The predicted octanol–water partition coefficient (Wildman–Crippen LogP) is 2.39. The largest absolute Gasteiger partial charge is 0.380 e. The summed E-state index contributed by atoms with van der Waals surface area (Å²) in [5.41, 5.74) is 8.22. The SMILES string of the molecule is COCc1cccc(CNC(=O)C[C@@H]2CCC[C@H]2N)c1.Cl. The van der Waals surface area contributed by atoms with Gasteiger partial charge in [-0.15, -0.1) is 12.4 Å². The second-order valence-corrected chi connectivity index (χ2v) is 5.59. The van der Waals surface area contributed by atoms with Gasteiger partial charge in [0.15, 0.2) is 0 Å². The van der Waals surface area contributed by atoms with Crippen LogP contribution in [-0.4, -0.2) is 19.1 Å². The summed E-state index contributed by atoms with van der Waals surface area (Å²) >= 11 is 0. The summed E-state index contributed by atoms with van der Waals surface area (Å²) in [6, 6.07) is 8.28. The van der Waals surface area contributed by atoms with Crippen molar-refractivity contribution < 1.29 is 9.53 Å². The highest BCUT2D eigenvalue weighted by molar-refractivity contribution is 5.85. The van der Waals surface area contributed by atoms with Crippen LogP contribution in [0.4, 0.5) is 0 Å². The zero-order valence-electron chi connectivity index (χ0n) is 12.5. The van der Waals surface area contributed by atoms with Crippen LogP contribution >= 0.6 is 12.4 Å². The maximum atomic E-state index is 11.9. The van der Waals surface area contributed by atoms with Crippen LogP contribution in [0.1, 0.15) is 36.8 Å². The second-order valence-electron chi connectivity index (χ2n) is 5.59. The van der Waals surface area contributed by atoms with Crippen LogP contribution in [0.25, 0.3) is 0 Å². The maximum absolute atomic E-state index is 11.9. The Morgan fingerprint density at radius 1 is 1.38 bits per heavy atom. The fraction of sp³-hybridized carbons (Fsp3) is 0.562. The topological polar surface area (TPSA) is 64.3 Å². The van der Waals surface area contributed by atoms with E-state index in [4.69, 9.17) is 10.5 Å². The molecule has 0 radical (unpaired) electrons. The molecule has 1 aliphatic carbocycles. The Kier molecular flexibility index (Phi) is 7.72. The third kappa shape index (κ3) is 5.65. The lowest BCUT2D eigenvalue weighted by Gasteiger charge is -2.15. The molecule has 1 aliphatic rings. The zero-order chi connectivity index (χ0) is 14.4. The number of amides is 1. The summed E-state index contributed by atoms with van der Waals surface area (Å²) in [5, 5.41) is 2.98. The van der Waals surface area contributed by atoms with Crippen molar-refractivity contribution in [3.8, 4) is 0 Å². The van der Waals surface area contributed by atoms with E-state index in [9.17, 15) is 4.79 Å². The molecule has 0 aromatic heterocycles. The first kappa shape index (κ1) is 18.0. The molecule has 1 amide bonds. The van der Waals surface area contributed by atoms with Crippen LogP contribution in [0.5, 0.6) is 0 Å².